The fourth-order valence-electron chi connectivity index (χ4n) is 1.56. The van der Waals surface area contributed by atoms with E-state index in [0.717, 1.165) is 5.56 Å². The Hall–Kier alpha value is -2.41. The molecule has 2 N–H and O–H groups in total. The van der Waals surface area contributed by atoms with Crippen LogP contribution >= 0.6 is 11.6 Å². The summed E-state index contributed by atoms with van der Waals surface area (Å²) >= 11 is 5.80. The number of nitro groups is 1. The van der Waals surface area contributed by atoms with Crippen LogP contribution in [0, 0.1) is 10.1 Å². The SMILES string of the molecule is CNc1nc(NCc2ccc(Cl)cc2)ncc1[N+](=O)[O-]. The molecule has 7 nitrogen and oxygen atoms in total. The first-order chi connectivity index (χ1) is 9.60. The van der Waals surface area contributed by atoms with Gasteiger partial charge in [0.15, 0.2) is 0 Å². The molecular formula is C12H12ClN5O2. The Morgan fingerprint density at radius 1 is 1.35 bits per heavy atom. The Labute approximate surface area is 120 Å². The molecule has 0 spiro atoms. The Kier molecular flexibility index (Phi) is 4.31. The summed E-state index contributed by atoms with van der Waals surface area (Å²) in [5.74, 6) is 0.485. The largest absolute Gasteiger partial charge is 0.367 e. The topological polar surface area (TPSA) is 93.0 Å². The predicted octanol–water partition coefficient (Wildman–Crippen LogP) is 2.69. The van der Waals surface area contributed by atoms with Crippen LogP contribution in [-0.2, 0) is 6.54 Å². The molecule has 20 heavy (non-hydrogen) atoms. The van der Waals surface area contributed by atoms with Crippen LogP contribution in [0.3, 0.4) is 0 Å². The monoisotopic (exact) mass is 293 g/mol. The third-order valence-electron chi connectivity index (χ3n) is 2.57. The van der Waals surface area contributed by atoms with Crippen molar-refractivity contribution < 1.29 is 4.92 Å². The maximum Gasteiger partial charge on any atom is 0.329 e. The van der Waals surface area contributed by atoms with Gasteiger partial charge in [0.2, 0.25) is 11.8 Å². The van der Waals surface area contributed by atoms with Crippen LogP contribution in [0.5, 0.6) is 0 Å². The molecule has 8 heteroatoms. The smallest absolute Gasteiger partial charge is 0.329 e. The minimum Gasteiger partial charge on any atom is -0.367 e. The highest BCUT2D eigenvalue weighted by Gasteiger charge is 2.15. The van der Waals surface area contributed by atoms with Crippen LogP contribution in [0.2, 0.25) is 5.02 Å². The molecule has 2 rings (SSSR count). The van der Waals surface area contributed by atoms with Crippen molar-refractivity contribution >= 4 is 29.1 Å². The predicted molar refractivity (Wildman–Crippen MR) is 77.0 cm³/mol. The molecule has 1 aromatic heterocycles. The van der Waals surface area contributed by atoms with Crippen LogP contribution in [0.1, 0.15) is 5.56 Å². The molecule has 0 aliphatic carbocycles. The maximum atomic E-state index is 10.8. The number of halogens is 1. The van der Waals surface area contributed by atoms with Crippen molar-refractivity contribution in [3.05, 3.63) is 51.2 Å². The average molecular weight is 294 g/mol. The zero-order chi connectivity index (χ0) is 14.5. The summed E-state index contributed by atoms with van der Waals surface area (Å²) in [5.41, 5.74) is 0.840. The lowest BCUT2D eigenvalue weighted by Crippen LogP contribution is -2.07. The Balaban J connectivity index is 2.10. The van der Waals surface area contributed by atoms with Gasteiger partial charge in [0.1, 0.15) is 6.20 Å². The van der Waals surface area contributed by atoms with Gasteiger partial charge in [0.25, 0.3) is 0 Å². The molecule has 0 fully saturated rings. The second-order valence-electron chi connectivity index (χ2n) is 3.91. The van der Waals surface area contributed by atoms with Crippen molar-refractivity contribution in [2.24, 2.45) is 0 Å². The van der Waals surface area contributed by atoms with Gasteiger partial charge in [-0.3, -0.25) is 10.1 Å². The number of hydrogen-bond donors (Lipinski definition) is 2. The van der Waals surface area contributed by atoms with E-state index in [9.17, 15) is 10.1 Å². The van der Waals surface area contributed by atoms with Gasteiger partial charge >= 0.3 is 5.69 Å². The van der Waals surface area contributed by atoms with E-state index < -0.39 is 4.92 Å². The summed E-state index contributed by atoms with van der Waals surface area (Å²) < 4.78 is 0. The third-order valence-corrected chi connectivity index (χ3v) is 2.82. The minimum atomic E-state index is -0.533. The van der Waals surface area contributed by atoms with Crippen LogP contribution < -0.4 is 10.6 Å². The highest BCUT2D eigenvalue weighted by atomic mass is 35.5. The van der Waals surface area contributed by atoms with Gasteiger partial charge in [-0.1, -0.05) is 23.7 Å². The van der Waals surface area contributed by atoms with Crippen LogP contribution in [0.25, 0.3) is 0 Å². The Bertz CT molecular complexity index is 618. The Morgan fingerprint density at radius 3 is 2.65 bits per heavy atom. The van der Waals surface area contributed by atoms with Crippen molar-refractivity contribution in [1.29, 1.82) is 0 Å². The molecule has 104 valence electrons. The number of anilines is 2. The van der Waals surface area contributed by atoms with Crippen LogP contribution in [-0.4, -0.2) is 21.9 Å². The molecule has 0 atom stereocenters. The van der Waals surface area contributed by atoms with E-state index in [4.69, 9.17) is 11.6 Å². The van der Waals surface area contributed by atoms with Crippen LogP contribution in [0.4, 0.5) is 17.5 Å². The van der Waals surface area contributed by atoms with E-state index in [0.29, 0.717) is 17.5 Å². The summed E-state index contributed by atoms with van der Waals surface area (Å²) in [5, 5.41) is 17.1. The molecule has 0 unspecified atom stereocenters. The number of aromatic nitrogens is 2. The first-order valence-corrected chi connectivity index (χ1v) is 6.15. The lowest BCUT2D eigenvalue weighted by molar-refractivity contribution is -0.384. The first-order valence-electron chi connectivity index (χ1n) is 5.77. The van der Waals surface area contributed by atoms with Gasteiger partial charge in [0, 0.05) is 18.6 Å². The first kappa shape index (κ1) is 14.0. The zero-order valence-electron chi connectivity index (χ0n) is 10.6. The molecule has 1 heterocycles. The molecule has 0 radical (unpaired) electrons. The van der Waals surface area contributed by atoms with Crippen molar-refractivity contribution in [2.75, 3.05) is 17.7 Å². The fourth-order valence-corrected chi connectivity index (χ4v) is 1.69. The summed E-state index contributed by atoms with van der Waals surface area (Å²) in [6.45, 7) is 0.498. The van der Waals surface area contributed by atoms with Crippen molar-refractivity contribution in [2.45, 2.75) is 6.54 Å². The van der Waals surface area contributed by atoms with E-state index in [1.54, 1.807) is 19.2 Å². The fraction of sp³-hybridized carbons (Fsp3) is 0.167. The number of nitrogens with zero attached hydrogens (tertiary/aromatic N) is 3. The van der Waals surface area contributed by atoms with E-state index in [2.05, 4.69) is 20.6 Å². The molecular weight excluding hydrogens is 282 g/mol. The lowest BCUT2D eigenvalue weighted by atomic mass is 10.2. The molecule has 0 saturated heterocycles. The highest BCUT2D eigenvalue weighted by molar-refractivity contribution is 6.30. The lowest BCUT2D eigenvalue weighted by Gasteiger charge is -2.07. The number of nitrogens with one attached hydrogen (secondary N) is 2. The number of hydrogen-bond acceptors (Lipinski definition) is 6. The molecule has 0 amide bonds. The van der Waals surface area contributed by atoms with Gasteiger partial charge in [-0.15, -0.1) is 0 Å². The van der Waals surface area contributed by atoms with Crippen molar-refractivity contribution in [1.82, 2.24) is 9.97 Å². The summed E-state index contributed by atoms with van der Waals surface area (Å²) in [4.78, 5) is 18.2. The van der Waals surface area contributed by atoms with Gasteiger partial charge in [-0.25, -0.2) is 4.98 Å². The van der Waals surface area contributed by atoms with Gasteiger partial charge in [-0.05, 0) is 17.7 Å². The van der Waals surface area contributed by atoms with E-state index >= 15 is 0 Å². The molecule has 2 aromatic rings. The quantitative estimate of drug-likeness (QED) is 0.650. The summed E-state index contributed by atoms with van der Waals surface area (Å²) in [6.07, 6.45) is 1.17. The molecule has 0 bridgehead atoms. The molecule has 1 aromatic carbocycles. The number of benzene rings is 1. The summed E-state index contributed by atoms with van der Waals surface area (Å²) in [7, 11) is 1.57. The molecule has 0 aliphatic rings. The van der Waals surface area contributed by atoms with Gasteiger partial charge in [-0.2, -0.15) is 4.98 Å². The standard InChI is InChI=1S/C12H12ClN5O2/c1-14-11-10(18(19)20)7-16-12(17-11)15-6-8-2-4-9(13)5-3-8/h2-5,7H,6H2,1H3,(H2,14,15,16,17). The maximum absolute atomic E-state index is 10.8. The third kappa shape index (κ3) is 3.33. The normalized spacial score (nSPS) is 10.1. The zero-order valence-corrected chi connectivity index (χ0v) is 11.4. The Morgan fingerprint density at radius 2 is 2.05 bits per heavy atom. The average Bonchev–Trinajstić information content (AvgIpc) is 2.46. The van der Waals surface area contributed by atoms with Gasteiger partial charge in [0.05, 0.1) is 4.92 Å². The second-order valence-corrected chi connectivity index (χ2v) is 4.35. The van der Waals surface area contributed by atoms with Crippen molar-refractivity contribution in [3.8, 4) is 0 Å². The molecule has 0 aliphatic heterocycles. The highest BCUT2D eigenvalue weighted by Crippen LogP contribution is 2.21. The molecule has 0 saturated carbocycles. The minimum absolute atomic E-state index is 0.162. The van der Waals surface area contributed by atoms with Crippen molar-refractivity contribution in [3.63, 3.8) is 0 Å². The second kappa shape index (κ2) is 6.16. The van der Waals surface area contributed by atoms with Gasteiger partial charge < -0.3 is 10.6 Å². The van der Waals surface area contributed by atoms with E-state index in [-0.39, 0.29) is 11.5 Å². The number of rotatable bonds is 5. The van der Waals surface area contributed by atoms with Crippen LogP contribution in [0.15, 0.2) is 30.5 Å². The summed E-state index contributed by atoms with van der Waals surface area (Å²) in [6, 6.07) is 7.32. The van der Waals surface area contributed by atoms with E-state index in [1.807, 2.05) is 12.1 Å². The van der Waals surface area contributed by atoms with E-state index in [1.165, 1.54) is 6.20 Å².